The standard InChI is InChI=1S/C22H47N4O3P/c1-5-21(6-2,25-13-9-19(23)10-14-25)17-28-30(27)29-18-22(7-3,8-4)26-15-11-20(24)12-16-26/h19-20,30H,5-18,23-24H2,1-4H3. The van der Waals surface area contributed by atoms with Crippen LogP contribution in [0.3, 0.4) is 0 Å². The van der Waals surface area contributed by atoms with Crippen LogP contribution in [0.2, 0.25) is 0 Å². The van der Waals surface area contributed by atoms with Crippen molar-refractivity contribution in [2.45, 2.75) is 102 Å². The van der Waals surface area contributed by atoms with Gasteiger partial charge in [0.25, 0.3) is 0 Å². The Labute approximate surface area is 185 Å². The molecule has 0 saturated carbocycles. The zero-order valence-corrected chi connectivity index (χ0v) is 20.8. The van der Waals surface area contributed by atoms with Crippen LogP contribution < -0.4 is 11.5 Å². The van der Waals surface area contributed by atoms with Crippen LogP contribution in [0.5, 0.6) is 0 Å². The molecule has 0 atom stereocenters. The molecule has 30 heavy (non-hydrogen) atoms. The maximum absolute atomic E-state index is 12.7. The molecule has 0 amide bonds. The van der Waals surface area contributed by atoms with Crippen molar-refractivity contribution < 1.29 is 13.6 Å². The second kappa shape index (κ2) is 12.3. The van der Waals surface area contributed by atoms with Crippen molar-refractivity contribution in [2.24, 2.45) is 11.5 Å². The molecule has 4 N–H and O–H groups in total. The maximum Gasteiger partial charge on any atom is 0.319 e. The minimum atomic E-state index is -2.54. The number of nitrogens with two attached hydrogens (primary N) is 2. The SMILES string of the molecule is CCC(CC)(CO[PH](=O)OCC(CC)(CC)N1CCC(N)CC1)N1CCC(N)CC1. The molecule has 0 aliphatic carbocycles. The average Bonchev–Trinajstić information content (AvgIpc) is 2.77. The highest BCUT2D eigenvalue weighted by Crippen LogP contribution is 2.36. The van der Waals surface area contributed by atoms with Crippen LogP contribution in [0.25, 0.3) is 0 Å². The summed E-state index contributed by atoms with van der Waals surface area (Å²) in [5, 5.41) is 0. The smallest absolute Gasteiger partial charge is 0.319 e. The monoisotopic (exact) mass is 446 g/mol. The van der Waals surface area contributed by atoms with E-state index in [2.05, 4.69) is 37.5 Å². The molecule has 0 radical (unpaired) electrons. The highest BCUT2D eigenvalue weighted by Gasteiger charge is 2.38. The van der Waals surface area contributed by atoms with Gasteiger partial charge in [-0.1, -0.05) is 27.7 Å². The van der Waals surface area contributed by atoms with Crippen LogP contribution in [0.1, 0.15) is 79.1 Å². The molecule has 0 bridgehead atoms. The number of nitrogens with zero attached hydrogens (tertiary/aromatic N) is 2. The number of likely N-dealkylation sites (tertiary alicyclic amines) is 2. The minimum absolute atomic E-state index is 0.0839. The number of piperidine rings is 2. The second-order valence-electron chi connectivity index (χ2n) is 9.34. The summed E-state index contributed by atoms with van der Waals surface area (Å²) in [6.07, 6.45) is 7.94. The summed E-state index contributed by atoms with van der Waals surface area (Å²) in [5.41, 5.74) is 12.0. The topological polar surface area (TPSA) is 94.0 Å². The number of rotatable bonds is 12. The summed E-state index contributed by atoms with van der Waals surface area (Å²) in [5.74, 6) is 0. The predicted molar refractivity (Wildman–Crippen MR) is 125 cm³/mol. The summed E-state index contributed by atoms with van der Waals surface area (Å²) in [6.45, 7) is 13.6. The first-order valence-electron chi connectivity index (χ1n) is 12.2. The van der Waals surface area contributed by atoms with Gasteiger partial charge in [-0.3, -0.25) is 14.4 Å². The first-order valence-corrected chi connectivity index (χ1v) is 13.4. The van der Waals surface area contributed by atoms with E-state index < -0.39 is 8.25 Å². The summed E-state index contributed by atoms with van der Waals surface area (Å²) < 4.78 is 24.5. The Morgan fingerprint density at radius 1 is 0.733 bits per heavy atom. The molecule has 7 nitrogen and oxygen atoms in total. The molecule has 0 aromatic carbocycles. The lowest BCUT2D eigenvalue weighted by molar-refractivity contribution is -0.00282. The van der Waals surface area contributed by atoms with Crippen LogP contribution in [-0.4, -0.2) is 72.4 Å². The minimum Gasteiger partial charge on any atom is -0.328 e. The van der Waals surface area contributed by atoms with Gasteiger partial charge in [-0.25, -0.2) is 0 Å². The summed E-state index contributed by atoms with van der Waals surface area (Å²) in [7, 11) is -2.54. The number of hydrogen-bond acceptors (Lipinski definition) is 7. The van der Waals surface area contributed by atoms with E-state index in [0.29, 0.717) is 25.3 Å². The van der Waals surface area contributed by atoms with Gasteiger partial charge >= 0.3 is 8.25 Å². The average molecular weight is 447 g/mol. The van der Waals surface area contributed by atoms with Gasteiger partial charge in [0, 0.05) is 49.3 Å². The van der Waals surface area contributed by atoms with Gasteiger partial charge in [0.2, 0.25) is 0 Å². The zero-order valence-electron chi connectivity index (χ0n) is 19.8. The van der Waals surface area contributed by atoms with Crippen molar-refractivity contribution in [3.05, 3.63) is 0 Å². The summed E-state index contributed by atoms with van der Waals surface area (Å²) in [6, 6.07) is 0.605. The number of hydrogen-bond donors (Lipinski definition) is 2. The quantitative estimate of drug-likeness (QED) is 0.444. The van der Waals surface area contributed by atoms with Crippen molar-refractivity contribution in [3.63, 3.8) is 0 Å². The van der Waals surface area contributed by atoms with Crippen LogP contribution >= 0.6 is 8.25 Å². The van der Waals surface area contributed by atoms with Gasteiger partial charge in [-0.15, -0.1) is 0 Å². The maximum atomic E-state index is 12.7. The van der Waals surface area contributed by atoms with E-state index in [1.165, 1.54) is 0 Å². The van der Waals surface area contributed by atoms with Crippen molar-refractivity contribution in [1.29, 1.82) is 0 Å². The van der Waals surface area contributed by atoms with Crippen LogP contribution in [-0.2, 0) is 13.6 Å². The third-order valence-electron chi connectivity index (χ3n) is 7.97. The molecule has 2 rings (SSSR count). The van der Waals surface area contributed by atoms with Crippen molar-refractivity contribution in [1.82, 2.24) is 9.80 Å². The van der Waals surface area contributed by atoms with E-state index in [1.54, 1.807) is 0 Å². The fourth-order valence-electron chi connectivity index (χ4n) is 5.16. The van der Waals surface area contributed by atoms with E-state index in [9.17, 15) is 4.57 Å². The van der Waals surface area contributed by atoms with E-state index in [-0.39, 0.29) is 11.1 Å². The molecule has 2 saturated heterocycles. The van der Waals surface area contributed by atoms with Gasteiger partial charge < -0.3 is 20.5 Å². The molecule has 0 aromatic rings. The predicted octanol–water partition coefficient (Wildman–Crippen LogP) is 3.37. The van der Waals surface area contributed by atoms with Gasteiger partial charge in [0.05, 0.1) is 13.2 Å². The molecular weight excluding hydrogens is 399 g/mol. The summed E-state index contributed by atoms with van der Waals surface area (Å²) >= 11 is 0. The molecule has 8 heteroatoms. The molecule has 0 unspecified atom stereocenters. The molecule has 0 spiro atoms. The normalized spacial score (nSPS) is 21.6. The largest absolute Gasteiger partial charge is 0.328 e. The van der Waals surface area contributed by atoms with Crippen molar-refractivity contribution in [3.8, 4) is 0 Å². The zero-order chi connectivity index (χ0) is 22.2. The van der Waals surface area contributed by atoms with Crippen LogP contribution in [0.15, 0.2) is 0 Å². The molecule has 0 aromatic heterocycles. The Kier molecular flexibility index (Phi) is 10.8. The molecule has 178 valence electrons. The van der Waals surface area contributed by atoms with Crippen molar-refractivity contribution >= 4 is 8.25 Å². The molecule has 2 heterocycles. The van der Waals surface area contributed by atoms with Crippen molar-refractivity contribution in [2.75, 3.05) is 39.4 Å². The van der Waals surface area contributed by atoms with E-state index in [1.807, 2.05) is 0 Å². The Bertz CT molecular complexity index is 469. The lowest BCUT2D eigenvalue weighted by Crippen LogP contribution is -2.56. The Morgan fingerprint density at radius 2 is 1.03 bits per heavy atom. The first-order chi connectivity index (χ1) is 14.3. The Morgan fingerprint density at radius 3 is 1.30 bits per heavy atom. The summed E-state index contributed by atoms with van der Waals surface area (Å²) in [4.78, 5) is 4.98. The van der Waals surface area contributed by atoms with E-state index >= 15 is 0 Å². The highest BCUT2D eigenvalue weighted by molar-refractivity contribution is 7.33. The Hall–Kier alpha value is -0.0100. The third-order valence-corrected chi connectivity index (χ3v) is 8.73. The van der Waals surface area contributed by atoms with Gasteiger partial charge in [0.1, 0.15) is 0 Å². The van der Waals surface area contributed by atoms with E-state index in [0.717, 1.165) is 77.5 Å². The molecule has 2 aliphatic heterocycles. The fourth-order valence-corrected chi connectivity index (χ4v) is 6.02. The lowest BCUT2D eigenvalue weighted by atomic mass is 9.89. The van der Waals surface area contributed by atoms with Gasteiger partial charge in [-0.2, -0.15) is 0 Å². The lowest BCUT2D eigenvalue weighted by Gasteiger charge is -2.46. The molecular formula is C22H47N4O3P. The van der Waals surface area contributed by atoms with Gasteiger partial charge in [-0.05, 0) is 51.4 Å². The van der Waals surface area contributed by atoms with Crippen LogP contribution in [0.4, 0.5) is 0 Å². The third kappa shape index (κ3) is 6.50. The Balaban J connectivity index is 1.91. The highest BCUT2D eigenvalue weighted by atomic mass is 31.1. The first kappa shape index (κ1) is 26.2. The molecule has 2 fully saturated rings. The second-order valence-corrected chi connectivity index (χ2v) is 10.4. The molecule has 2 aliphatic rings. The van der Waals surface area contributed by atoms with E-state index in [4.69, 9.17) is 20.5 Å². The fraction of sp³-hybridized carbons (Fsp3) is 1.00. The van der Waals surface area contributed by atoms with Crippen LogP contribution in [0, 0.1) is 0 Å². The van der Waals surface area contributed by atoms with Gasteiger partial charge in [0.15, 0.2) is 0 Å².